The van der Waals surface area contributed by atoms with Crippen LogP contribution in [0.3, 0.4) is 0 Å². The van der Waals surface area contributed by atoms with Crippen molar-refractivity contribution in [3.05, 3.63) is 41.0 Å². The van der Waals surface area contributed by atoms with Gasteiger partial charge in [0.25, 0.3) is 0 Å². The number of hydrogen-bond acceptors (Lipinski definition) is 1. The van der Waals surface area contributed by atoms with Crippen LogP contribution in [0.5, 0.6) is 5.75 Å². The van der Waals surface area contributed by atoms with Crippen molar-refractivity contribution in [2.75, 3.05) is 0 Å². The number of allylic oxidation sites excluding steroid dienone is 2. The fourth-order valence-electron chi connectivity index (χ4n) is 1.80. The molecule has 0 aliphatic heterocycles. The molecule has 0 aromatic heterocycles. The van der Waals surface area contributed by atoms with Gasteiger partial charge < -0.3 is 5.11 Å². The predicted octanol–water partition coefficient (Wildman–Crippen LogP) is 4.12. The van der Waals surface area contributed by atoms with Crippen molar-refractivity contribution < 1.29 is 5.11 Å². The highest BCUT2D eigenvalue weighted by Crippen LogP contribution is 2.34. The Morgan fingerprint density at radius 1 is 1.25 bits per heavy atom. The summed E-state index contributed by atoms with van der Waals surface area (Å²) in [6.07, 6.45) is 5.12. The van der Waals surface area contributed by atoms with Gasteiger partial charge in [0.1, 0.15) is 5.75 Å². The number of benzene rings is 1. The van der Waals surface area contributed by atoms with E-state index in [0.717, 1.165) is 17.5 Å². The molecule has 1 aromatic carbocycles. The van der Waals surface area contributed by atoms with Crippen LogP contribution in [0, 0.1) is 6.92 Å². The maximum atomic E-state index is 10.1. The molecule has 1 heteroatoms. The summed E-state index contributed by atoms with van der Waals surface area (Å²) in [4.78, 5) is 0. The first-order chi connectivity index (χ1) is 7.36. The van der Waals surface area contributed by atoms with Crippen LogP contribution in [-0.4, -0.2) is 5.11 Å². The molecule has 0 fully saturated rings. The SMILES string of the molecule is CC=CCc1cc(C)c(O)c(C(C)(C)C)c1. The van der Waals surface area contributed by atoms with Gasteiger partial charge in [-0.15, -0.1) is 0 Å². The smallest absolute Gasteiger partial charge is 0.122 e. The summed E-state index contributed by atoms with van der Waals surface area (Å²) in [6.45, 7) is 10.4. The van der Waals surface area contributed by atoms with Gasteiger partial charge >= 0.3 is 0 Å². The van der Waals surface area contributed by atoms with Gasteiger partial charge in [-0.05, 0) is 42.4 Å². The molecule has 0 amide bonds. The van der Waals surface area contributed by atoms with Gasteiger partial charge in [-0.3, -0.25) is 0 Å². The van der Waals surface area contributed by atoms with Crippen LogP contribution in [0.1, 0.15) is 44.4 Å². The van der Waals surface area contributed by atoms with Crippen molar-refractivity contribution in [2.45, 2.75) is 46.5 Å². The summed E-state index contributed by atoms with van der Waals surface area (Å²) < 4.78 is 0. The molecule has 88 valence electrons. The van der Waals surface area contributed by atoms with E-state index in [-0.39, 0.29) is 5.41 Å². The number of hydrogen-bond donors (Lipinski definition) is 1. The van der Waals surface area contributed by atoms with E-state index in [2.05, 4.69) is 45.1 Å². The normalized spacial score (nSPS) is 12.3. The highest BCUT2D eigenvalue weighted by molar-refractivity contribution is 5.46. The van der Waals surface area contributed by atoms with Crippen molar-refractivity contribution in [3.63, 3.8) is 0 Å². The zero-order chi connectivity index (χ0) is 12.3. The molecule has 0 saturated carbocycles. The Morgan fingerprint density at radius 2 is 1.88 bits per heavy atom. The van der Waals surface area contributed by atoms with Crippen LogP contribution < -0.4 is 0 Å². The molecule has 0 aliphatic rings. The number of phenolic OH excluding ortho intramolecular Hbond substituents is 1. The minimum Gasteiger partial charge on any atom is -0.507 e. The number of phenols is 1. The van der Waals surface area contributed by atoms with Gasteiger partial charge in [0.2, 0.25) is 0 Å². The van der Waals surface area contributed by atoms with Gasteiger partial charge in [0, 0.05) is 0 Å². The molecule has 16 heavy (non-hydrogen) atoms. The number of aryl methyl sites for hydroxylation is 1. The molecule has 0 saturated heterocycles. The first kappa shape index (κ1) is 12.8. The van der Waals surface area contributed by atoms with E-state index in [9.17, 15) is 5.11 Å². The van der Waals surface area contributed by atoms with Crippen LogP contribution in [0.25, 0.3) is 0 Å². The Bertz CT molecular complexity index is 395. The van der Waals surface area contributed by atoms with Gasteiger partial charge in [-0.1, -0.05) is 45.1 Å². The summed E-state index contributed by atoms with van der Waals surface area (Å²) in [5, 5.41) is 10.1. The van der Waals surface area contributed by atoms with Crippen molar-refractivity contribution in [3.8, 4) is 5.75 Å². The van der Waals surface area contributed by atoms with E-state index in [0.29, 0.717) is 5.75 Å². The van der Waals surface area contributed by atoms with Crippen molar-refractivity contribution in [2.24, 2.45) is 0 Å². The van der Waals surface area contributed by atoms with Gasteiger partial charge in [0.15, 0.2) is 0 Å². The Kier molecular flexibility index (Phi) is 3.79. The topological polar surface area (TPSA) is 20.2 Å². The highest BCUT2D eigenvalue weighted by Gasteiger charge is 2.19. The molecular formula is C15H22O. The third-order valence-electron chi connectivity index (χ3n) is 2.76. The first-order valence-electron chi connectivity index (χ1n) is 5.80. The number of rotatable bonds is 2. The van der Waals surface area contributed by atoms with E-state index in [1.54, 1.807) is 0 Å². The lowest BCUT2D eigenvalue weighted by atomic mass is 9.84. The van der Waals surface area contributed by atoms with Gasteiger partial charge in [-0.25, -0.2) is 0 Å². The molecule has 1 rings (SSSR count). The average molecular weight is 218 g/mol. The van der Waals surface area contributed by atoms with Crippen molar-refractivity contribution in [1.29, 1.82) is 0 Å². The zero-order valence-electron chi connectivity index (χ0n) is 11.0. The highest BCUT2D eigenvalue weighted by atomic mass is 16.3. The molecule has 0 heterocycles. The minimum atomic E-state index is -0.0131. The molecule has 1 nitrogen and oxygen atoms in total. The summed E-state index contributed by atoms with van der Waals surface area (Å²) in [5.74, 6) is 0.441. The standard InChI is InChI=1S/C15H22O/c1-6-7-8-12-9-11(2)14(16)13(10-12)15(3,4)5/h6-7,9-10,16H,8H2,1-5H3. The van der Waals surface area contributed by atoms with E-state index in [1.165, 1.54) is 5.56 Å². The Morgan fingerprint density at radius 3 is 2.38 bits per heavy atom. The molecule has 0 radical (unpaired) electrons. The van der Waals surface area contributed by atoms with Crippen LogP contribution in [0.4, 0.5) is 0 Å². The summed E-state index contributed by atoms with van der Waals surface area (Å²) in [6, 6.07) is 4.17. The van der Waals surface area contributed by atoms with Crippen LogP contribution in [-0.2, 0) is 11.8 Å². The predicted molar refractivity (Wildman–Crippen MR) is 70.1 cm³/mol. The molecule has 0 unspecified atom stereocenters. The van der Waals surface area contributed by atoms with E-state index in [4.69, 9.17) is 0 Å². The monoisotopic (exact) mass is 218 g/mol. The summed E-state index contributed by atoms with van der Waals surface area (Å²) >= 11 is 0. The second-order valence-electron chi connectivity index (χ2n) is 5.33. The minimum absolute atomic E-state index is 0.0131. The first-order valence-corrected chi connectivity index (χ1v) is 5.80. The molecule has 1 N–H and O–H groups in total. The number of aromatic hydroxyl groups is 1. The maximum Gasteiger partial charge on any atom is 0.122 e. The molecule has 0 bridgehead atoms. The van der Waals surface area contributed by atoms with Crippen LogP contribution >= 0.6 is 0 Å². The molecule has 1 aromatic rings. The summed E-state index contributed by atoms with van der Waals surface area (Å²) in [5.41, 5.74) is 3.25. The largest absolute Gasteiger partial charge is 0.507 e. The quantitative estimate of drug-likeness (QED) is 0.740. The van der Waals surface area contributed by atoms with Crippen LogP contribution in [0.2, 0.25) is 0 Å². The van der Waals surface area contributed by atoms with Crippen molar-refractivity contribution in [1.82, 2.24) is 0 Å². The van der Waals surface area contributed by atoms with E-state index >= 15 is 0 Å². The Hall–Kier alpha value is -1.24. The third-order valence-corrected chi connectivity index (χ3v) is 2.76. The van der Waals surface area contributed by atoms with Gasteiger partial charge in [0.05, 0.1) is 0 Å². The maximum absolute atomic E-state index is 10.1. The Labute approximate surface area is 98.8 Å². The fraction of sp³-hybridized carbons (Fsp3) is 0.467. The third kappa shape index (κ3) is 2.88. The Balaban J connectivity index is 3.22. The van der Waals surface area contributed by atoms with Crippen molar-refractivity contribution >= 4 is 0 Å². The average Bonchev–Trinajstić information content (AvgIpc) is 2.17. The molecule has 0 spiro atoms. The van der Waals surface area contributed by atoms with Gasteiger partial charge in [-0.2, -0.15) is 0 Å². The molecule has 0 atom stereocenters. The van der Waals surface area contributed by atoms with Crippen LogP contribution in [0.15, 0.2) is 24.3 Å². The second-order valence-corrected chi connectivity index (χ2v) is 5.33. The zero-order valence-corrected chi connectivity index (χ0v) is 11.0. The van der Waals surface area contributed by atoms with E-state index in [1.807, 2.05) is 13.8 Å². The van der Waals surface area contributed by atoms with E-state index < -0.39 is 0 Å². The lowest BCUT2D eigenvalue weighted by molar-refractivity contribution is 0.442. The summed E-state index contributed by atoms with van der Waals surface area (Å²) in [7, 11) is 0. The fourth-order valence-corrected chi connectivity index (χ4v) is 1.80. The lowest BCUT2D eigenvalue weighted by Crippen LogP contribution is -2.12. The lowest BCUT2D eigenvalue weighted by Gasteiger charge is -2.22. The molecule has 0 aliphatic carbocycles. The molecular weight excluding hydrogens is 196 g/mol. The second kappa shape index (κ2) is 4.73.